The molecule has 5 nitrogen and oxygen atoms in total. The molecule has 3 rings (SSSR count). The van der Waals surface area contributed by atoms with Crippen LogP contribution in [0.1, 0.15) is 17.5 Å². The molecule has 2 aromatic carbocycles. The van der Waals surface area contributed by atoms with Crippen molar-refractivity contribution in [2.75, 3.05) is 5.32 Å². The summed E-state index contributed by atoms with van der Waals surface area (Å²) in [5.41, 5.74) is 1.71. The van der Waals surface area contributed by atoms with Gasteiger partial charge in [-0.1, -0.05) is 47.6 Å². The molecule has 8 heteroatoms. The number of hydrogen-bond donors (Lipinski definition) is 2. The molecule has 1 amide bonds. The second-order valence-corrected chi connectivity index (χ2v) is 5.88. The molecular weight excluding hydrogens is 349 g/mol. The van der Waals surface area contributed by atoms with Crippen LogP contribution in [-0.2, 0) is 16.1 Å². The lowest BCUT2D eigenvalue weighted by atomic mass is 10.0. The predicted molar refractivity (Wildman–Crippen MR) is 88.5 cm³/mol. The van der Waals surface area contributed by atoms with Gasteiger partial charge in [-0.05, 0) is 23.3 Å². The van der Waals surface area contributed by atoms with Crippen LogP contribution in [-0.4, -0.2) is 28.7 Å². The number of aliphatic hydroxyl groups is 1. The summed E-state index contributed by atoms with van der Waals surface area (Å²) >= 11 is 0. The first-order chi connectivity index (χ1) is 12.3. The predicted octanol–water partition coefficient (Wildman–Crippen LogP) is 3.24. The van der Waals surface area contributed by atoms with Gasteiger partial charge in [0.2, 0.25) is 5.91 Å². The number of anilines is 1. The molecule has 0 aliphatic carbocycles. The van der Waals surface area contributed by atoms with E-state index in [1.807, 2.05) is 30.3 Å². The lowest BCUT2D eigenvalue weighted by Crippen LogP contribution is -2.45. The van der Waals surface area contributed by atoms with Gasteiger partial charge in [-0.15, -0.1) is 0 Å². The molecule has 0 saturated carbocycles. The smallest absolute Gasteiger partial charge is 0.350 e. The zero-order valence-electron chi connectivity index (χ0n) is 13.5. The van der Waals surface area contributed by atoms with Crippen molar-refractivity contribution in [1.29, 1.82) is 0 Å². The Balaban J connectivity index is 1.62. The molecule has 1 heterocycles. The van der Waals surface area contributed by atoms with Crippen molar-refractivity contribution in [2.24, 2.45) is 5.16 Å². The molecule has 1 aliphatic rings. The molecule has 0 saturated heterocycles. The maximum absolute atomic E-state index is 12.7. The summed E-state index contributed by atoms with van der Waals surface area (Å²) < 4.78 is 38.2. The Hall–Kier alpha value is -2.87. The number of benzene rings is 2. The zero-order chi connectivity index (χ0) is 18.8. The summed E-state index contributed by atoms with van der Waals surface area (Å²) in [6.07, 6.45) is -5.53. The van der Waals surface area contributed by atoms with E-state index in [2.05, 4.69) is 15.3 Å². The van der Waals surface area contributed by atoms with E-state index in [0.29, 0.717) is 11.3 Å². The Kier molecular flexibility index (Phi) is 4.69. The van der Waals surface area contributed by atoms with Gasteiger partial charge in [0, 0.05) is 5.69 Å². The molecule has 1 atom stereocenters. The van der Waals surface area contributed by atoms with Gasteiger partial charge in [0.15, 0.2) is 0 Å². The first kappa shape index (κ1) is 17.9. The number of nitrogens with one attached hydrogen (secondary N) is 1. The molecule has 0 radical (unpaired) electrons. The van der Waals surface area contributed by atoms with Gasteiger partial charge >= 0.3 is 12.0 Å². The van der Waals surface area contributed by atoms with Crippen LogP contribution in [0.25, 0.3) is 0 Å². The number of oxime groups is 1. The van der Waals surface area contributed by atoms with Crippen LogP contribution < -0.4 is 5.32 Å². The minimum atomic E-state index is -4.94. The topological polar surface area (TPSA) is 70.9 Å². The summed E-state index contributed by atoms with van der Waals surface area (Å²) in [5.74, 6) is -3.51. The second kappa shape index (κ2) is 6.80. The molecule has 0 fully saturated rings. The SMILES string of the molecule is O=C(Cc1ccccc1)Nc1ccc(C2=NOC(O)(C(F)(F)F)C2)cc1. The van der Waals surface area contributed by atoms with Crippen LogP contribution in [0.3, 0.4) is 0 Å². The highest BCUT2D eigenvalue weighted by molar-refractivity contribution is 6.02. The van der Waals surface area contributed by atoms with E-state index >= 15 is 0 Å². The van der Waals surface area contributed by atoms with E-state index < -0.39 is 18.4 Å². The van der Waals surface area contributed by atoms with E-state index in [0.717, 1.165) is 5.56 Å². The molecule has 0 bridgehead atoms. The lowest BCUT2D eigenvalue weighted by Gasteiger charge is -2.22. The molecule has 26 heavy (non-hydrogen) atoms. The van der Waals surface area contributed by atoms with Crippen molar-refractivity contribution in [3.63, 3.8) is 0 Å². The molecule has 1 unspecified atom stereocenters. The molecule has 2 N–H and O–H groups in total. The van der Waals surface area contributed by atoms with Gasteiger partial charge in [-0.25, -0.2) is 0 Å². The molecule has 1 aliphatic heterocycles. The van der Waals surface area contributed by atoms with Crippen LogP contribution in [0, 0.1) is 0 Å². The van der Waals surface area contributed by atoms with Gasteiger partial charge in [0.1, 0.15) is 0 Å². The minimum absolute atomic E-state index is 0.0213. The molecular formula is C18H15F3N2O3. The lowest BCUT2D eigenvalue weighted by molar-refractivity contribution is -0.355. The minimum Gasteiger partial charge on any atom is -0.350 e. The quantitative estimate of drug-likeness (QED) is 0.875. The number of amides is 1. The maximum atomic E-state index is 12.7. The number of hydrogen-bond acceptors (Lipinski definition) is 4. The summed E-state index contributed by atoms with van der Waals surface area (Å²) in [7, 11) is 0. The van der Waals surface area contributed by atoms with Crippen LogP contribution in [0.2, 0.25) is 0 Å². The molecule has 2 aromatic rings. The average molecular weight is 364 g/mol. The fourth-order valence-corrected chi connectivity index (χ4v) is 2.46. The van der Waals surface area contributed by atoms with Gasteiger partial charge in [-0.3, -0.25) is 4.79 Å². The van der Waals surface area contributed by atoms with Crippen molar-refractivity contribution >= 4 is 17.3 Å². The Morgan fingerprint density at radius 1 is 1.15 bits per heavy atom. The van der Waals surface area contributed by atoms with Crippen LogP contribution >= 0.6 is 0 Å². The van der Waals surface area contributed by atoms with Crippen molar-refractivity contribution in [3.05, 3.63) is 65.7 Å². The standard InChI is InChI=1S/C18H15F3N2O3/c19-18(20,21)17(25)11-15(23-26-17)13-6-8-14(9-7-13)22-16(24)10-12-4-2-1-3-5-12/h1-9,25H,10-11H2,(H,22,24). The van der Waals surface area contributed by atoms with E-state index in [4.69, 9.17) is 0 Å². The normalized spacial score (nSPS) is 19.6. The average Bonchev–Trinajstić information content (AvgIpc) is 3.00. The van der Waals surface area contributed by atoms with Gasteiger partial charge in [0.25, 0.3) is 0 Å². The Labute approximate surface area is 147 Å². The fraction of sp³-hybridized carbons (Fsp3) is 0.222. The first-order valence-electron chi connectivity index (χ1n) is 7.75. The number of rotatable bonds is 4. The molecule has 0 aromatic heterocycles. The van der Waals surface area contributed by atoms with Crippen molar-refractivity contribution in [2.45, 2.75) is 24.8 Å². The Morgan fingerprint density at radius 3 is 2.38 bits per heavy atom. The number of carbonyl (C=O) groups is 1. The third-order valence-electron chi connectivity index (χ3n) is 3.87. The highest BCUT2D eigenvalue weighted by Gasteiger charge is 2.60. The Morgan fingerprint density at radius 2 is 1.81 bits per heavy atom. The highest BCUT2D eigenvalue weighted by atomic mass is 19.4. The largest absolute Gasteiger partial charge is 0.458 e. The Bertz CT molecular complexity index is 820. The van der Waals surface area contributed by atoms with Crippen LogP contribution in [0.5, 0.6) is 0 Å². The molecule has 0 spiro atoms. The first-order valence-corrected chi connectivity index (χ1v) is 7.75. The fourth-order valence-electron chi connectivity index (χ4n) is 2.46. The van der Waals surface area contributed by atoms with Gasteiger partial charge in [0.05, 0.1) is 18.6 Å². The molecule has 136 valence electrons. The third kappa shape index (κ3) is 3.85. The van der Waals surface area contributed by atoms with Crippen molar-refractivity contribution < 1.29 is 27.9 Å². The van der Waals surface area contributed by atoms with Crippen molar-refractivity contribution in [1.82, 2.24) is 0 Å². The van der Waals surface area contributed by atoms with Gasteiger partial charge in [-0.2, -0.15) is 13.2 Å². The van der Waals surface area contributed by atoms with Gasteiger partial charge < -0.3 is 15.3 Å². The maximum Gasteiger partial charge on any atom is 0.458 e. The van der Waals surface area contributed by atoms with Crippen LogP contribution in [0.15, 0.2) is 59.8 Å². The number of alkyl halides is 3. The number of carbonyl (C=O) groups excluding carboxylic acids is 1. The zero-order valence-corrected chi connectivity index (χ0v) is 13.5. The van der Waals surface area contributed by atoms with E-state index in [9.17, 15) is 23.1 Å². The van der Waals surface area contributed by atoms with E-state index in [1.54, 1.807) is 12.1 Å². The highest BCUT2D eigenvalue weighted by Crippen LogP contribution is 2.38. The van der Waals surface area contributed by atoms with Crippen molar-refractivity contribution in [3.8, 4) is 0 Å². The summed E-state index contributed by atoms with van der Waals surface area (Å²) in [6, 6.07) is 15.3. The third-order valence-corrected chi connectivity index (χ3v) is 3.87. The number of halogens is 3. The number of nitrogens with zero attached hydrogens (tertiary/aromatic N) is 1. The second-order valence-electron chi connectivity index (χ2n) is 5.88. The monoisotopic (exact) mass is 364 g/mol. The summed E-state index contributed by atoms with van der Waals surface area (Å²) in [5, 5.41) is 15.5. The summed E-state index contributed by atoms with van der Waals surface area (Å²) in [6.45, 7) is 0. The van der Waals surface area contributed by atoms with E-state index in [-0.39, 0.29) is 18.0 Å². The van der Waals surface area contributed by atoms with E-state index in [1.165, 1.54) is 12.1 Å². The summed E-state index contributed by atoms with van der Waals surface area (Å²) in [4.78, 5) is 16.2. The van der Waals surface area contributed by atoms with Crippen LogP contribution in [0.4, 0.5) is 18.9 Å².